The molecule has 2 saturated carbocycles. The molecule has 0 saturated heterocycles. The van der Waals surface area contributed by atoms with Crippen LogP contribution >= 0.6 is 11.6 Å². The highest BCUT2D eigenvalue weighted by molar-refractivity contribution is 6.31. The van der Waals surface area contributed by atoms with E-state index in [0.29, 0.717) is 18.8 Å². The van der Waals surface area contributed by atoms with Crippen LogP contribution in [0.25, 0.3) is 0 Å². The highest BCUT2D eigenvalue weighted by Crippen LogP contribution is 2.52. The Morgan fingerprint density at radius 2 is 1.89 bits per heavy atom. The quantitative estimate of drug-likeness (QED) is 0.430. The number of amides is 2. The van der Waals surface area contributed by atoms with Crippen LogP contribution in [0.3, 0.4) is 0 Å². The molecular weight excluding hydrogens is 472 g/mol. The first-order chi connectivity index (χ1) is 16.7. The average molecular weight is 515 g/mol. The summed E-state index contributed by atoms with van der Waals surface area (Å²) >= 11 is 6.82. The molecule has 2 N–H and O–H groups in total. The molecule has 0 radical (unpaired) electrons. The van der Waals surface area contributed by atoms with E-state index >= 15 is 0 Å². The first-order valence-corrected chi connectivity index (χ1v) is 13.9. The molecule has 1 aromatic rings. The lowest BCUT2D eigenvalue weighted by Crippen LogP contribution is -2.62. The number of rotatable bonds is 5. The van der Waals surface area contributed by atoms with Gasteiger partial charge in [-0.1, -0.05) is 65.3 Å². The molecule has 1 aliphatic heterocycles. The molecule has 2 aliphatic carbocycles. The number of aliphatic carboxylic acids is 1. The van der Waals surface area contributed by atoms with Gasteiger partial charge in [0.15, 0.2) is 0 Å². The van der Waals surface area contributed by atoms with E-state index in [1.54, 1.807) is 0 Å². The number of fused-ring (bicyclic) bond motifs is 1. The molecule has 1 heterocycles. The summed E-state index contributed by atoms with van der Waals surface area (Å²) in [6, 6.07) is 6.20. The predicted molar refractivity (Wildman–Crippen MR) is 145 cm³/mol. The van der Waals surface area contributed by atoms with Gasteiger partial charge in [-0.2, -0.15) is 0 Å². The molecule has 3 aliphatic rings. The second-order valence-electron chi connectivity index (χ2n) is 13.3. The number of carboxylic acids is 1. The normalized spacial score (nSPS) is 34.7. The fraction of sp³-hybridized carbons (Fsp3) is 0.667. The monoisotopic (exact) mass is 514 g/mol. The minimum absolute atomic E-state index is 0.0209. The predicted octanol–water partition coefficient (Wildman–Crippen LogP) is 7.38. The number of carbonyl (C=O) groups excluding carboxylic acids is 1. The lowest BCUT2D eigenvalue weighted by molar-refractivity contribution is -0.142. The van der Waals surface area contributed by atoms with Gasteiger partial charge in [0, 0.05) is 16.8 Å². The van der Waals surface area contributed by atoms with Gasteiger partial charge in [0.25, 0.3) is 0 Å². The van der Waals surface area contributed by atoms with Crippen molar-refractivity contribution in [3.63, 3.8) is 0 Å². The standard InChI is InChI=1S/C30H43ClN2O3/c1-18-10-13-30(22-9-8-21(25(31)14-22)11-12-28(4,5)6)24(20(18)3)17-33(27(36)32-30)29(7)15-19(2)23(16-29)26(34)35/h8-9,14,17-20,23H,10-13,15-16H2,1-7H3,(H,32,36)(H,34,35)/t18-,19?,20+,23-,29?,30?/m0/s1. The maximum atomic E-state index is 13.7. The highest BCUT2D eigenvalue weighted by Gasteiger charge is 2.54. The van der Waals surface area contributed by atoms with Crippen molar-refractivity contribution in [3.8, 4) is 0 Å². The van der Waals surface area contributed by atoms with E-state index in [1.807, 2.05) is 18.7 Å². The van der Waals surface area contributed by atoms with E-state index in [-0.39, 0.29) is 23.3 Å². The topological polar surface area (TPSA) is 69.6 Å². The van der Waals surface area contributed by atoms with Crippen LogP contribution in [0.1, 0.15) is 91.7 Å². The first-order valence-electron chi connectivity index (χ1n) is 13.5. The molecule has 4 rings (SSSR count). The zero-order valence-corrected chi connectivity index (χ0v) is 23.7. The number of benzene rings is 1. The molecule has 0 aromatic heterocycles. The summed E-state index contributed by atoms with van der Waals surface area (Å²) in [4.78, 5) is 27.4. The van der Waals surface area contributed by atoms with Crippen LogP contribution in [0.4, 0.5) is 4.79 Å². The fourth-order valence-corrected chi connectivity index (χ4v) is 7.04. The third-order valence-electron chi connectivity index (χ3n) is 9.32. The first kappa shape index (κ1) is 27.0. The third-order valence-corrected chi connectivity index (χ3v) is 9.67. The summed E-state index contributed by atoms with van der Waals surface area (Å²) in [5, 5.41) is 13.9. The van der Waals surface area contributed by atoms with Gasteiger partial charge in [-0.25, -0.2) is 4.79 Å². The van der Waals surface area contributed by atoms with Gasteiger partial charge in [0.2, 0.25) is 0 Å². The fourth-order valence-electron chi connectivity index (χ4n) is 6.77. The Morgan fingerprint density at radius 1 is 1.19 bits per heavy atom. The van der Waals surface area contributed by atoms with Gasteiger partial charge >= 0.3 is 12.0 Å². The Hall–Kier alpha value is -2.01. The summed E-state index contributed by atoms with van der Waals surface area (Å²) in [6.07, 6.45) is 7.02. The van der Waals surface area contributed by atoms with Crippen molar-refractivity contribution >= 4 is 23.6 Å². The SMILES string of the molecule is CC1CC(C)(N2C=C3[C@H](C)[C@@H](C)CCC3(c3ccc(CCC(C)(C)C)c(Cl)c3)NC2=O)C[C@@H]1C(=O)O. The van der Waals surface area contributed by atoms with Crippen molar-refractivity contribution in [1.82, 2.24) is 10.2 Å². The van der Waals surface area contributed by atoms with Crippen LogP contribution in [0.5, 0.6) is 0 Å². The number of hydrogen-bond acceptors (Lipinski definition) is 2. The van der Waals surface area contributed by atoms with E-state index in [0.717, 1.165) is 41.8 Å². The lowest BCUT2D eigenvalue weighted by atomic mass is 9.64. The summed E-state index contributed by atoms with van der Waals surface area (Å²) in [5.41, 5.74) is 2.51. The van der Waals surface area contributed by atoms with E-state index in [4.69, 9.17) is 11.6 Å². The molecule has 6 heteroatoms. The molecule has 0 spiro atoms. The molecule has 2 fully saturated rings. The molecule has 2 amide bonds. The molecule has 198 valence electrons. The van der Waals surface area contributed by atoms with Crippen molar-refractivity contribution in [2.75, 3.05) is 0 Å². The summed E-state index contributed by atoms with van der Waals surface area (Å²) in [7, 11) is 0. The Bertz CT molecular complexity index is 1080. The van der Waals surface area contributed by atoms with Gasteiger partial charge in [-0.05, 0) is 91.4 Å². The number of urea groups is 1. The molecular formula is C30H43ClN2O3. The lowest BCUT2D eigenvalue weighted by Gasteiger charge is -2.52. The molecule has 6 atom stereocenters. The maximum Gasteiger partial charge on any atom is 0.322 e. The summed E-state index contributed by atoms with van der Waals surface area (Å²) < 4.78 is 0. The van der Waals surface area contributed by atoms with Gasteiger partial charge < -0.3 is 10.4 Å². The zero-order valence-electron chi connectivity index (χ0n) is 23.0. The van der Waals surface area contributed by atoms with Crippen LogP contribution in [-0.2, 0) is 16.8 Å². The van der Waals surface area contributed by atoms with Crippen molar-refractivity contribution in [2.45, 2.75) is 98.1 Å². The zero-order chi connectivity index (χ0) is 26.6. The Labute approximate surface area is 221 Å². The highest BCUT2D eigenvalue weighted by atomic mass is 35.5. The molecule has 1 aromatic carbocycles. The number of aryl methyl sites for hydroxylation is 1. The molecule has 5 nitrogen and oxygen atoms in total. The Morgan fingerprint density at radius 3 is 2.47 bits per heavy atom. The number of nitrogens with zero attached hydrogens (tertiary/aromatic N) is 1. The van der Waals surface area contributed by atoms with E-state index < -0.39 is 23.0 Å². The van der Waals surface area contributed by atoms with Crippen LogP contribution in [0, 0.1) is 29.1 Å². The number of carboxylic acid groups (broad SMARTS) is 1. The van der Waals surface area contributed by atoms with Crippen LogP contribution < -0.4 is 5.32 Å². The Kier molecular flexibility index (Phi) is 7.05. The van der Waals surface area contributed by atoms with Crippen LogP contribution in [-0.4, -0.2) is 27.5 Å². The minimum atomic E-state index is -0.772. The van der Waals surface area contributed by atoms with Crippen molar-refractivity contribution in [3.05, 3.63) is 46.1 Å². The van der Waals surface area contributed by atoms with Crippen molar-refractivity contribution in [1.29, 1.82) is 0 Å². The summed E-state index contributed by atoms with van der Waals surface area (Å²) in [5.74, 6) is -0.419. The number of carbonyl (C=O) groups is 2. The average Bonchev–Trinajstić information content (AvgIpc) is 3.10. The van der Waals surface area contributed by atoms with E-state index in [9.17, 15) is 14.7 Å². The van der Waals surface area contributed by atoms with E-state index in [1.165, 1.54) is 5.57 Å². The number of nitrogens with one attached hydrogen (secondary N) is 1. The van der Waals surface area contributed by atoms with Gasteiger partial charge in [0.1, 0.15) is 0 Å². The van der Waals surface area contributed by atoms with E-state index in [2.05, 4.69) is 64.3 Å². The second-order valence-corrected chi connectivity index (χ2v) is 13.7. The van der Waals surface area contributed by atoms with Crippen LogP contribution in [0.2, 0.25) is 5.02 Å². The van der Waals surface area contributed by atoms with Gasteiger partial charge in [-0.15, -0.1) is 0 Å². The minimum Gasteiger partial charge on any atom is -0.481 e. The Balaban J connectivity index is 1.73. The largest absolute Gasteiger partial charge is 0.481 e. The second kappa shape index (κ2) is 9.38. The van der Waals surface area contributed by atoms with Crippen molar-refractivity contribution < 1.29 is 14.7 Å². The molecule has 36 heavy (non-hydrogen) atoms. The van der Waals surface area contributed by atoms with Crippen molar-refractivity contribution in [2.24, 2.45) is 29.1 Å². The van der Waals surface area contributed by atoms with Gasteiger partial charge in [0.05, 0.1) is 11.5 Å². The molecule has 3 unspecified atom stereocenters. The smallest absolute Gasteiger partial charge is 0.322 e. The number of hydrogen-bond donors (Lipinski definition) is 2. The van der Waals surface area contributed by atoms with Crippen LogP contribution in [0.15, 0.2) is 30.0 Å². The van der Waals surface area contributed by atoms with Gasteiger partial charge in [-0.3, -0.25) is 9.69 Å². The molecule has 0 bridgehead atoms. The third kappa shape index (κ3) is 4.80. The summed E-state index contributed by atoms with van der Waals surface area (Å²) in [6.45, 7) is 15.3. The number of halogens is 1. The maximum absolute atomic E-state index is 13.7.